The zero-order chi connectivity index (χ0) is 23.1. The number of nitrogens with zero attached hydrogens (tertiary/aromatic N) is 5. The predicted octanol–water partition coefficient (Wildman–Crippen LogP) is 4.73. The summed E-state index contributed by atoms with van der Waals surface area (Å²) in [5, 5.41) is 14.1. The van der Waals surface area contributed by atoms with Crippen LogP contribution in [0.25, 0.3) is 10.9 Å². The van der Waals surface area contributed by atoms with Gasteiger partial charge in [0, 0.05) is 23.3 Å². The minimum atomic E-state index is -0.351. The monoisotopic (exact) mass is 454 g/mol. The number of rotatable bonds is 5. The number of fused-ring (bicyclic) bond motifs is 2. The van der Waals surface area contributed by atoms with Gasteiger partial charge in [-0.2, -0.15) is 0 Å². The molecule has 1 fully saturated rings. The minimum Gasteiger partial charge on any atom is -0.357 e. The number of pyridine rings is 1. The predicted molar refractivity (Wildman–Crippen MR) is 133 cm³/mol. The van der Waals surface area contributed by atoms with Gasteiger partial charge in [0.15, 0.2) is 5.82 Å². The molecule has 2 aliphatic rings. The third kappa shape index (κ3) is 3.59. The van der Waals surface area contributed by atoms with E-state index in [0.717, 1.165) is 55.4 Å². The van der Waals surface area contributed by atoms with Gasteiger partial charge in [-0.25, -0.2) is 4.68 Å². The fourth-order valence-corrected chi connectivity index (χ4v) is 5.76. The molecule has 2 aromatic carbocycles. The second-order valence-electron chi connectivity index (χ2n) is 9.58. The lowest BCUT2D eigenvalue weighted by Crippen LogP contribution is -2.38. The van der Waals surface area contributed by atoms with E-state index in [0.29, 0.717) is 11.6 Å². The van der Waals surface area contributed by atoms with Crippen molar-refractivity contribution in [2.45, 2.75) is 64.0 Å². The summed E-state index contributed by atoms with van der Waals surface area (Å²) < 4.78 is 2.00. The molecule has 3 heterocycles. The summed E-state index contributed by atoms with van der Waals surface area (Å²) in [5.41, 5.74) is 5.21. The summed E-state index contributed by atoms with van der Waals surface area (Å²) in [4.78, 5) is 19.0. The van der Waals surface area contributed by atoms with E-state index in [-0.39, 0.29) is 11.6 Å². The van der Waals surface area contributed by atoms with Gasteiger partial charge in [-0.1, -0.05) is 44.0 Å². The second-order valence-corrected chi connectivity index (χ2v) is 9.58. The molecule has 0 radical (unpaired) electrons. The van der Waals surface area contributed by atoms with Crippen molar-refractivity contribution in [3.63, 3.8) is 0 Å². The van der Waals surface area contributed by atoms with Crippen molar-refractivity contribution >= 4 is 16.6 Å². The molecule has 6 rings (SSSR count). The topological polar surface area (TPSA) is 79.7 Å². The highest BCUT2D eigenvalue weighted by molar-refractivity contribution is 5.80. The van der Waals surface area contributed by atoms with Crippen molar-refractivity contribution in [2.75, 3.05) is 11.4 Å². The van der Waals surface area contributed by atoms with E-state index in [2.05, 4.69) is 74.8 Å². The van der Waals surface area contributed by atoms with Gasteiger partial charge in [0.2, 0.25) is 0 Å². The highest BCUT2D eigenvalue weighted by atomic mass is 16.1. The van der Waals surface area contributed by atoms with Crippen molar-refractivity contribution in [3.05, 3.63) is 81.4 Å². The summed E-state index contributed by atoms with van der Waals surface area (Å²) in [7, 11) is 0. The molecule has 1 aliphatic heterocycles. The van der Waals surface area contributed by atoms with Crippen molar-refractivity contribution < 1.29 is 0 Å². The average Bonchev–Trinajstić information content (AvgIpc) is 3.57. The van der Waals surface area contributed by atoms with Crippen LogP contribution in [0.15, 0.2) is 53.3 Å². The molecule has 7 nitrogen and oxygen atoms in total. The van der Waals surface area contributed by atoms with Gasteiger partial charge in [-0.05, 0) is 83.3 Å². The van der Waals surface area contributed by atoms with Crippen LogP contribution in [0.1, 0.15) is 73.6 Å². The lowest BCUT2D eigenvalue weighted by Gasteiger charge is -2.37. The number of hydrogen-bond acceptors (Lipinski definition) is 5. The number of aryl methyl sites for hydroxylation is 2. The molecule has 34 heavy (non-hydrogen) atoms. The summed E-state index contributed by atoms with van der Waals surface area (Å²) in [6.07, 6.45) is 7.57. The molecule has 1 unspecified atom stereocenters. The zero-order valence-electron chi connectivity index (χ0n) is 19.6. The fourth-order valence-electron chi connectivity index (χ4n) is 5.76. The Labute approximate surface area is 198 Å². The Morgan fingerprint density at radius 1 is 1.09 bits per heavy atom. The SMILES string of the molecule is CCc1ccc2[nH]c(=O)c(C(c3nnnn3C3CCCC3)N3CCCc4ccccc43)cc2c1. The van der Waals surface area contributed by atoms with Gasteiger partial charge < -0.3 is 9.88 Å². The average molecular weight is 455 g/mol. The Kier molecular flexibility index (Phi) is 5.40. The van der Waals surface area contributed by atoms with Gasteiger partial charge in [0.25, 0.3) is 5.56 Å². The molecule has 0 bridgehead atoms. The third-order valence-electron chi connectivity index (χ3n) is 7.53. The number of anilines is 1. The van der Waals surface area contributed by atoms with Crippen LogP contribution in [0, 0.1) is 0 Å². The summed E-state index contributed by atoms with van der Waals surface area (Å²) in [5.74, 6) is 0.764. The molecule has 2 aromatic heterocycles. The first-order valence-electron chi connectivity index (χ1n) is 12.5. The van der Waals surface area contributed by atoms with Crippen LogP contribution in [0.3, 0.4) is 0 Å². The van der Waals surface area contributed by atoms with Gasteiger partial charge in [0.05, 0.1) is 6.04 Å². The Balaban J connectivity index is 1.57. The van der Waals surface area contributed by atoms with Crippen molar-refractivity contribution in [2.24, 2.45) is 0 Å². The number of benzene rings is 2. The molecule has 1 atom stereocenters. The molecule has 0 spiro atoms. The number of aromatic nitrogens is 5. The van der Waals surface area contributed by atoms with Crippen molar-refractivity contribution in [3.8, 4) is 0 Å². The Hall–Kier alpha value is -3.48. The smallest absolute Gasteiger partial charge is 0.254 e. The van der Waals surface area contributed by atoms with Crippen LogP contribution in [0.2, 0.25) is 0 Å². The lowest BCUT2D eigenvalue weighted by molar-refractivity contribution is 0.425. The van der Waals surface area contributed by atoms with Crippen LogP contribution in [-0.2, 0) is 12.8 Å². The molecule has 1 aliphatic carbocycles. The molecule has 1 saturated carbocycles. The van der Waals surface area contributed by atoms with E-state index in [9.17, 15) is 4.79 Å². The number of H-pyrrole nitrogens is 1. The molecule has 7 heteroatoms. The highest BCUT2D eigenvalue weighted by Crippen LogP contribution is 2.38. The number of aromatic amines is 1. The second kappa shape index (κ2) is 8.70. The van der Waals surface area contributed by atoms with Crippen LogP contribution >= 0.6 is 0 Å². The van der Waals surface area contributed by atoms with Crippen LogP contribution < -0.4 is 10.5 Å². The van der Waals surface area contributed by atoms with Crippen LogP contribution in [0.4, 0.5) is 5.69 Å². The summed E-state index contributed by atoms with van der Waals surface area (Å²) in [6.45, 7) is 3.00. The van der Waals surface area contributed by atoms with Crippen LogP contribution in [-0.4, -0.2) is 31.7 Å². The molecule has 4 aromatic rings. The van der Waals surface area contributed by atoms with Crippen molar-refractivity contribution in [1.82, 2.24) is 25.2 Å². The number of tetrazole rings is 1. The highest BCUT2D eigenvalue weighted by Gasteiger charge is 2.35. The third-order valence-corrected chi connectivity index (χ3v) is 7.53. The molecular weight excluding hydrogens is 424 g/mol. The largest absolute Gasteiger partial charge is 0.357 e. The Bertz CT molecular complexity index is 1380. The molecule has 0 amide bonds. The van der Waals surface area contributed by atoms with Gasteiger partial charge in [0.1, 0.15) is 6.04 Å². The summed E-state index contributed by atoms with van der Waals surface area (Å²) >= 11 is 0. The number of nitrogens with one attached hydrogen (secondary N) is 1. The van der Waals surface area contributed by atoms with Crippen molar-refractivity contribution in [1.29, 1.82) is 0 Å². The van der Waals surface area contributed by atoms with Crippen LogP contribution in [0.5, 0.6) is 0 Å². The quantitative estimate of drug-likeness (QED) is 0.471. The van der Waals surface area contributed by atoms with Gasteiger partial charge >= 0.3 is 0 Å². The van der Waals surface area contributed by atoms with E-state index < -0.39 is 0 Å². The van der Waals surface area contributed by atoms with Gasteiger partial charge in [-0.3, -0.25) is 4.79 Å². The van der Waals surface area contributed by atoms with E-state index in [1.54, 1.807) is 0 Å². The van der Waals surface area contributed by atoms with E-state index in [1.807, 2.05) is 10.7 Å². The molecule has 1 N–H and O–H groups in total. The minimum absolute atomic E-state index is 0.0780. The first kappa shape index (κ1) is 21.1. The normalized spacial score (nSPS) is 17.3. The molecular formula is C27H30N6O. The van der Waals surface area contributed by atoms with E-state index in [1.165, 1.54) is 29.7 Å². The number of hydrogen-bond donors (Lipinski definition) is 1. The maximum absolute atomic E-state index is 13.6. The Morgan fingerprint density at radius 2 is 1.94 bits per heavy atom. The lowest BCUT2D eigenvalue weighted by atomic mass is 9.96. The first-order valence-corrected chi connectivity index (χ1v) is 12.5. The number of para-hydroxylation sites is 1. The van der Waals surface area contributed by atoms with E-state index >= 15 is 0 Å². The molecule has 174 valence electrons. The summed E-state index contributed by atoms with van der Waals surface area (Å²) in [6, 6.07) is 16.8. The van der Waals surface area contributed by atoms with Gasteiger partial charge in [-0.15, -0.1) is 5.10 Å². The Morgan fingerprint density at radius 3 is 2.79 bits per heavy atom. The maximum atomic E-state index is 13.6. The van der Waals surface area contributed by atoms with E-state index in [4.69, 9.17) is 0 Å². The fraction of sp³-hybridized carbons (Fsp3) is 0.407. The maximum Gasteiger partial charge on any atom is 0.254 e. The zero-order valence-corrected chi connectivity index (χ0v) is 19.6. The first-order chi connectivity index (χ1) is 16.7. The molecule has 0 saturated heterocycles. The standard InChI is InChI=1S/C27H30N6O/c1-2-18-13-14-23-20(16-18)17-22(27(34)28-23)25(26-29-30-31-33(26)21-10-4-5-11-21)32-15-7-9-19-8-3-6-12-24(19)32/h3,6,8,12-14,16-17,21,25H,2,4-5,7,9-11,15H2,1H3,(H,28,34).